The van der Waals surface area contributed by atoms with E-state index in [-0.39, 0.29) is 17.2 Å². The average Bonchev–Trinajstić information content (AvgIpc) is 3.70. The van der Waals surface area contributed by atoms with Crippen molar-refractivity contribution in [3.8, 4) is 40.2 Å². The molecule has 0 amide bonds. The number of aromatic hydroxyl groups is 2. The minimum atomic E-state index is -4.09. The summed E-state index contributed by atoms with van der Waals surface area (Å²) >= 11 is 0. The maximum atomic E-state index is 10.6. The Balaban J connectivity index is 1.45. The third kappa shape index (κ3) is 8.51. The quantitative estimate of drug-likeness (QED) is 0.0445. The van der Waals surface area contributed by atoms with Crippen LogP contribution in [0.15, 0.2) is 151 Å². The van der Waals surface area contributed by atoms with E-state index >= 15 is 0 Å². The summed E-state index contributed by atoms with van der Waals surface area (Å²) in [6.45, 7) is 5.73. The van der Waals surface area contributed by atoms with Gasteiger partial charge in [0, 0.05) is 0 Å². The van der Waals surface area contributed by atoms with Gasteiger partial charge in [-0.15, -0.1) is 0 Å². The Morgan fingerprint density at radius 1 is 0.704 bits per heavy atom. The fourth-order valence-electron chi connectivity index (χ4n) is 6.24. The molecule has 7 rings (SSSR count). The molecule has 0 aromatic heterocycles. The molecular weight excluding hydrogens is 743 g/mol. The monoisotopic (exact) mass is 787 g/mol. The van der Waals surface area contributed by atoms with Gasteiger partial charge in [0.15, 0.2) is 0 Å². The van der Waals surface area contributed by atoms with Crippen LogP contribution in [-0.4, -0.2) is 27.6 Å². The number of rotatable bonds is 13. The predicted molar refractivity (Wildman–Crippen MR) is 217 cm³/mol. The molecule has 2 aliphatic heterocycles. The first-order chi connectivity index (χ1) is 26.2. The third-order valence-corrected chi connectivity index (χ3v) is 19.9. The molecule has 2 aliphatic rings. The fraction of sp³-hybridized carbons (Fsp3) is 0.150. The number of phenols is 2. The number of hydrogen-bond acceptors (Lipinski definition) is 11. The second-order valence-corrected chi connectivity index (χ2v) is 21.6. The maximum absolute atomic E-state index is 10.6. The molecule has 5 aromatic rings. The first kappa shape index (κ1) is 37.3. The van der Waals surface area contributed by atoms with Gasteiger partial charge >= 0.3 is 318 Å². The summed E-state index contributed by atoms with van der Waals surface area (Å²) < 4.78 is 41.8. The van der Waals surface area contributed by atoms with Gasteiger partial charge in [-0.1, -0.05) is 0 Å². The number of para-hydroxylation sites is 3. The van der Waals surface area contributed by atoms with E-state index in [0.717, 1.165) is 0 Å². The fourth-order valence-corrected chi connectivity index (χ4v) is 19.6. The van der Waals surface area contributed by atoms with Crippen molar-refractivity contribution in [3.63, 3.8) is 0 Å². The van der Waals surface area contributed by atoms with E-state index in [2.05, 4.69) is 27.2 Å². The zero-order chi connectivity index (χ0) is 37.6. The summed E-state index contributed by atoms with van der Waals surface area (Å²) in [5, 5.41) is 28.8. The Labute approximate surface area is 317 Å². The summed E-state index contributed by atoms with van der Waals surface area (Å²) in [5.74, 6) is 1.07. The van der Waals surface area contributed by atoms with Crippen LogP contribution in [0.1, 0.15) is 20.8 Å². The topological polar surface area (TPSA) is 132 Å². The van der Waals surface area contributed by atoms with Gasteiger partial charge in [-0.2, -0.15) is 0 Å². The van der Waals surface area contributed by atoms with E-state index in [1.54, 1.807) is 18.2 Å². The molecule has 282 valence electrons. The summed E-state index contributed by atoms with van der Waals surface area (Å²) in [7, 11) is -11.5. The van der Waals surface area contributed by atoms with E-state index < -0.39 is 40.9 Å². The van der Waals surface area contributed by atoms with Crippen molar-refractivity contribution in [1.82, 2.24) is 15.0 Å². The Hall–Kier alpha value is -5.03. The van der Waals surface area contributed by atoms with Crippen molar-refractivity contribution in [2.24, 2.45) is 0 Å². The zero-order valence-electron chi connectivity index (χ0n) is 29.9. The van der Waals surface area contributed by atoms with Gasteiger partial charge < -0.3 is 0 Å². The molecule has 0 radical (unpaired) electrons. The van der Waals surface area contributed by atoms with Crippen molar-refractivity contribution < 1.29 is 37.6 Å². The van der Waals surface area contributed by atoms with Crippen LogP contribution in [0.25, 0.3) is 0 Å². The van der Waals surface area contributed by atoms with Crippen LogP contribution in [0.5, 0.6) is 40.2 Å². The number of nitrogens with one attached hydrogen (secondary N) is 3. The van der Waals surface area contributed by atoms with Gasteiger partial charge in [0.2, 0.25) is 0 Å². The first-order valence-corrected chi connectivity index (χ1v) is 23.3. The summed E-state index contributed by atoms with van der Waals surface area (Å²) in [6.07, 6.45) is 5.63. The van der Waals surface area contributed by atoms with Gasteiger partial charge in [-0.3, -0.25) is 0 Å². The Morgan fingerprint density at radius 2 is 1.31 bits per heavy atom. The Morgan fingerprint density at radius 3 is 1.93 bits per heavy atom. The molecule has 3 atom stereocenters. The number of benzene rings is 4. The van der Waals surface area contributed by atoms with Gasteiger partial charge in [0.05, 0.1) is 0 Å². The molecular formula is C40H44N3O8P3. The van der Waals surface area contributed by atoms with Crippen molar-refractivity contribution in [3.05, 3.63) is 164 Å². The van der Waals surface area contributed by atoms with Crippen LogP contribution < -0.4 is 37.9 Å². The average molecular weight is 788 g/mol. The number of fused-ring (bicyclic) bond motifs is 1. The van der Waals surface area contributed by atoms with Crippen LogP contribution in [0.4, 0.5) is 0 Å². The molecule has 5 N–H and O–H groups in total. The number of phenolic OH excluding ortho intramolecular Hbond substituents is 2. The van der Waals surface area contributed by atoms with E-state index in [4.69, 9.17) is 27.4 Å². The molecule has 0 saturated carbocycles. The SMILES string of the molecule is C/C=C\C=C(/C)O[PH]1(Oc2cc#ccc2)NC2C(Oc3ccccc3)[PH]2(Oc2ccccc2)NC(C)[PH](Oc2ccccc2)(Oc2cc(O)cc(O)c2)N1. The second kappa shape index (κ2) is 16.1. The van der Waals surface area contributed by atoms with Gasteiger partial charge in [-0.25, -0.2) is 0 Å². The Kier molecular flexibility index (Phi) is 11.1. The third-order valence-electron chi connectivity index (χ3n) is 8.69. The van der Waals surface area contributed by atoms with Crippen LogP contribution in [-0.2, 0) is 4.52 Å². The standard InChI is InChI=1S/C40H44N3O8P3/c1-4-5-18-30(2)47-54(51-37-25-16-9-17-26-37)42-39-40(46-34-19-10-6-11-20-34)52(39,48-35-21-12-7-13-22-35)41-31(3)53(43-54,49-36-23-14-8-15-24-36)50-38-28-32(44)27-33(45)29-38/h4-8,10-16,18-29,31,39-45,52-54H,1-3H3/b5-4-,30-18+. The van der Waals surface area contributed by atoms with Crippen molar-refractivity contribution >= 4 is 23.5 Å². The van der Waals surface area contributed by atoms with E-state index in [9.17, 15) is 10.2 Å². The van der Waals surface area contributed by atoms with E-state index in [0.29, 0.717) is 28.8 Å². The predicted octanol–water partition coefficient (Wildman–Crippen LogP) is 9.17. The molecule has 54 heavy (non-hydrogen) atoms. The summed E-state index contributed by atoms with van der Waals surface area (Å²) in [6, 6.07) is 43.6. The number of ether oxygens (including phenoxy) is 1. The van der Waals surface area contributed by atoms with Crippen molar-refractivity contribution in [2.45, 2.75) is 38.2 Å². The molecule has 0 spiro atoms. The molecule has 0 aliphatic carbocycles. The van der Waals surface area contributed by atoms with Gasteiger partial charge in [-0.05, 0) is 0 Å². The molecule has 14 heteroatoms. The number of hydrogen-bond donors (Lipinski definition) is 5. The molecule has 5 aromatic carbocycles. The Bertz CT molecular complexity index is 2050. The van der Waals surface area contributed by atoms with Crippen LogP contribution >= 0.6 is 23.5 Å². The first-order valence-electron chi connectivity index (χ1n) is 17.5. The van der Waals surface area contributed by atoms with Gasteiger partial charge in [0.1, 0.15) is 0 Å². The molecule has 2 heterocycles. The van der Waals surface area contributed by atoms with Crippen LogP contribution in [0, 0.1) is 12.1 Å². The van der Waals surface area contributed by atoms with E-state index in [1.165, 1.54) is 18.2 Å². The molecule has 0 bridgehead atoms. The summed E-state index contributed by atoms with van der Waals surface area (Å²) in [5.41, 5.74) is 0. The van der Waals surface area contributed by atoms with E-state index in [1.807, 2.05) is 130 Å². The molecule has 11 nitrogen and oxygen atoms in total. The molecule has 2 fully saturated rings. The second-order valence-electron chi connectivity index (χ2n) is 12.8. The zero-order valence-corrected chi connectivity index (χ0v) is 32.9. The van der Waals surface area contributed by atoms with Crippen LogP contribution in [0.3, 0.4) is 0 Å². The van der Waals surface area contributed by atoms with Gasteiger partial charge in [0.25, 0.3) is 0 Å². The normalized spacial score (nSPS) is 22.7. The molecule has 3 unspecified atom stereocenters. The summed E-state index contributed by atoms with van der Waals surface area (Å²) in [4.78, 5) is 3.72. The van der Waals surface area contributed by atoms with Crippen molar-refractivity contribution in [1.29, 1.82) is 0 Å². The minimum absolute atomic E-state index is 0.160. The molecule has 2 saturated heterocycles. The van der Waals surface area contributed by atoms with Crippen molar-refractivity contribution in [2.75, 3.05) is 0 Å². The number of allylic oxidation sites excluding steroid dienone is 4. The van der Waals surface area contributed by atoms with Crippen LogP contribution in [0.2, 0.25) is 0 Å².